The number of rotatable bonds is 4. The summed E-state index contributed by atoms with van der Waals surface area (Å²) >= 11 is 3.26. The van der Waals surface area contributed by atoms with Crippen LogP contribution in [0.4, 0.5) is 5.82 Å². The van der Waals surface area contributed by atoms with Gasteiger partial charge >= 0.3 is 0 Å². The van der Waals surface area contributed by atoms with Crippen molar-refractivity contribution in [3.63, 3.8) is 0 Å². The number of nitrogens with zero attached hydrogens (tertiary/aromatic N) is 2. The molecule has 0 amide bonds. The summed E-state index contributed by atoms with van der Waals surface area (Å²) in [6.45, 7) is 2.76. The van der Waals surface area contributed by atoms with Crippen molar-refractivity contribution in [1.29, 1.82) is 0 Å². The molecule has 72 valence electrons. The average Bonchev–Trinajstić information content (AvgIpc) is 2.13. The highest BCUT2D eigenvalue weighted by molar-refractivity contribution is 9.10. The van der Waals surface area contributed by atoms with E-state index in [1.54, 1.807) is 0 Å². The van der Waals surface area contributed by atoms with Gasteiger partial charge in [-0.1, -0.05) is 13.3 Å². The highest BCUT2D eigenvalue weighted by Gasteiger charge is 2.05. The zero-order valence-electron chi connectivity index (χ0n) is 7.46. The number of anilines is 1. The van der Waals surface area contributed by atoms with Crippen LogP contribution in [0, 0.1) is 0 Å². The SMILES string of the molecule is CCCCOc1ncnc(N)c1Br. The van der Waals surface area contributed by atoms with E-state index >= 15 is 0 Å². The maximum Gasteiger partial charge on any atom is 0.233 e. The zero-order valence-corrected chi connectivity index (χ0v) is 9.04. The molecular weight excluding hydrogens is 234 g/mol. The van der Waals surface area contributed by atoms with Gasteiger partial charge < -0.3 is 10.5 Å². The molecule has 0 aliphatic carbocycles. The quantitative estimate of drug-likeness (QED) is 0.825. The van der Waals surface area contributed by atoms with Crippen molar-refractivity contribution in [2.45, 2.75) is 19.8 Å². The number of unbranched alkanes of at least 4 members (excludes halogenated alkanes) is 1. The van der Waals surface area contributed by atoms with E-state index in [0.29, 0.717) is 22.8 Å². The highest BCUT2D eigenvalue weighted by Crippen LogP contribution is 2.25. The fourth-order valence-electron chi connectivity index (χ4n) is 0.780. The van der Waals surface area contributed by atoms with Crippen LogP contribution in [0.2, 0.25) is 0 Å². The van der Waals surface area contributed by atoms with E-state index in [-0.39, 0.29) is 0 Å². The van der Waals surface area contributed by atoms with Crippen LogP contribution in [0.25, 0.3) is 0 Å². The van der Waals surface area contributed by atoms with E-state index < -0.39 is 0 Å². The topological polar surface area (TPSA) is 61.0 Å². The molecule has 1 aromatic rings. The van der Waals surface area contributed by atoms with Gasteiger partial charge in [0, 0.05) is 0 Å². The summed E-state index contributed by atoms with van der Waals surface area (Å²) in [5.41, 5.74) is 5.55. The van der Waals surface area contributed by atoms with Gasteiger partial charge in [0.25, 0.3) is 0 Å². The Bertz CT molecular complexity index is 280. The number of ether oxygens (including phenoxy) is 1. The summed E-state index contributed by atoms with van der Waals surface area (Å²) in [4.78, 5) is 7.76. The molecule has 1 rings (SSSR count). The molecule has 0 fully saturated rings. The van der Waals surface area contributed by atoms with E-state index in [0.717, 1.165) is 12.8 Å². The highest BCUT2D eigenvalue weighted by atomic mass is 79.9. The van der Waals surface area contributed by atoms with Gasteiger partial charge in [-0.15, -0.1) is 0 Å². The normalized spacial score (nSPS) is 10.0. The van der Waals surface area contributed by atoms with Crippen LogP contribution < -0.4 is 10.5 Å². The van der Waals surface area contributed by atoms with Crippen LogP contribution in [0.3, 0.4) is 0 Å². The van der Waals surface area contributed by atoms with Gasteiger partial charge in [0.05, 0.1) is 6.61 Å². The lowest BCUT2D eigenvalue weighted by molar-refractivity contribution is 0.295. The zero-order chi connectivity index (χ0) is 9.68. The Balaban J connectivity index is 2.61. The average molecular weight is 246 g/mol. The third kappa shape index (κ3) is 2.84. The molecule has 0 aliphatic rings. The summed E-state index contributed by atoms with van der Waals surface area (Å²) in [6, 6.07) is 0. The van der Waals surface area contributed by atoms with Crippen molar-refractivity contribution in [2.24, 2.45) is 0 Å². The Morgan fingerprint density at radius 1 is 1.54 bits per heavy atom. The first-order valence-corrected chi connectivity index (χ1v) is 4.93. The van der Waals surface area contributed by atoms with Crippen molar-refractivity contribution in [1.82, 2.24) is 9.97 Å². The Kier molecular flexibility index (Phi) is 3.95. The number of hydrogen-bond donors (Lipinski definition) is 1. The fraction of sp³-hybridized carbons (Fsp3) is 0.500. The van der Waals surface area contributed by atoms with Crippen molar-refractivity contribution in [2.75, 3.05) is 12.3 Å². The van der Waals surface area contributed by atoms with Gasteiger partial charge in [0.1, 0.15) is 16.6 Å². The maximum atomic E-state index is 5.55. The summed E-state index contributed by atoms with van der Waals surface area (Å²) in [7, 11) is 0. The van der Waals surface area contributed by atoms with E-state index in [1.807, 2.05) is 0 Å². The first-order valence-electron chi connectivity index (χ1n) is 4.14. The summed E-state index contributed by atoms with van der Waals surface area (Å²) in [5.74, 6) is 0.919. The minimum Gasteiger partial charge on any atom is -0.477 e. The summed E-state index contributed by atoms with van der Waals surface area (Å²) in [6.07, 6.45) is 3.50. The Labute approximate surface area is 85.7 Å². The van der Waals surface area contributed by atoms with Gasteiger partial charge in [-0.05, 0) is 22.4 Å². The van der Waals surface area contributed by atoms with E-state index in [9.17, 15) is 0 Å². The molecule has 0 bridgehead atoms. The lowest BCUT2D eigenvalue weighted by Crippen LogP contribution is -2.02. The van der Waals surface area contributed by atoms with Gasteiger partial charge in [-0.25, -0.2) is 9.97 Å². The maximum absolute atomic E-state index is 5.55. The first-order chi connectivity index (χ1) is 6.25. The molecule has 1 heterocycles. The van der Waals surface area contributed by atoms with Crippen molar-refractivity contribution in [3.8, 4) is 5.88 Å². The molecule has 5 heteroatoms. The predicted molar refractivity (Wildman–Crippen MR) is 54.5 cm³/mol. The first kappa shape index (κ1) is 10.2. The van der Waals surface area contributed by atoms with E-state index in [1.165, 1.54) is 6.33 Å². The van der Waals surface area contributed by atoms with Crippen LogP contribution >= 0.6 is 15.9 Å². The lowest BCUT2D eigenvalue weighted by Gasteiger charge is -2.06. The second-order valence-corrected chi connectivity index (χ2v) is 3.37. The number of halogens is 1. The van der Waals surface area contributed by atoms with Gasteiger partial charge in [0.2, 0.25) is 5.88 Å². The molecule has 2 N–H and O–H groups in total. The van der Waals surface area contributed by atoms with Crippen molar-refractivity contribution in [3.05, 3.63) is 10.8 Å². The van der Waals surface area contributed by atoms with Gasteiger partial charge in [-0.2, -0.15) is 0 Å². The molecule has 0 radical (unpaired) electrons. The van der Waals surface area contributed by atoms with Crippen LogP contribution in [0.5, 0.6) is 5.88 Å². The van der Waals surface area contributed by atoms with Crippen molar-refractivity contribution >= 4 is 21.7 Å². The second-order valence-electron chi connectivity index (χ2n) is 2.58. The molecule has 0 atom stereocenters. The predicted octanol–water partition coefficient (Wildman–Crippen LogP) is 2.00. The fourth-order valence-corrected chi connectivity index (χ4v) is 1.10. The molecule has 1 aromatic heterocycles. The number of aromatic nitrogens is 2. The third-order valence-electron chi connectivity index (χ3n) is 1.52. The molecule has 4 nitrogen and oxygen atoms in total. The molecule has 0 aliphatic heterocycles. The summed E-state index contributed by atoms with van der Waals surface area (Å²) in [5, 5.41) is 0. The minimum absolute atomic E-state index is 0.404. The molecule has 0 unspecified atom stereocenters. The summed E-state index contributed by atoms with van der Waals surface area (Å²) < 4.78 is 6.01. The number of nitrogen functional groups attached to an aromatic ring is 1. The number of nitrogens with two attached hydrogens (primary N) is 1. The monoisotopic (exact) mass is 245 g/mol. The molecule has 0 saturated heterocycles. The Morgan fingerprint density at radius 3 is 3.00 bits per heavy atom. The minimum atomic E-state index is 0.404. The van der Waals surface area contributed by atoms with E-state index in [2.05, 4.69) is 32.8 Å². The van der Waals surface area contributed by atoms with Crippen LogP contribution in [0.1, 0.15) is 19.8 Å². The molecule has 0 aromatic carbocycles. The molecular formula is C8H12BrN3O. The third-order valence-corrected chi connectivity index (χ3v) is 2.27. The van der Waals surface area contributed by atoms with Crippen LogP contribution in [0.15, 0.2) is 10.8 Å². The molecule has 0 saturated carbocycles. The number of hydrogen-bond acceptors (Lipinski definition) is 4. The van der Waals surface area contributed by atoms with E-state index in [4.69, 9.17) is 10.5 Å². The lowest BCUT2D eigenvalue weighted by atomic mass is 10.4. The standard InChI is InChI=1S/C8H12BrN3O/c1-2-3-4-13-8-6(9)7(10)11-5-12-8/h5H,2-4H2,1H3,(H2,10,11,12). The van der Waals surface area contributed by atoms with Gasteiger partial charge in [0.15, 0.2) is 0 Å². The van der Waals surface area contributed by atoms with Crippen LogP contribution in [-0.2, 0) is 0 Å². The Hall–Kier alpha value is -0.840. The Morgan fingerprint density at radius 2 is 2.31 bits per heavy atom. The molecule has 13 heavy (non-hydrogen) atoms. The second kappa shape index (κ2) is 5.01. The molecule has 0 spiro atoms. The smallest absolute Gasteiger partial charge is 0.233 e. The van der Waals surface area contributed by atoms with Crippen molar-refractivity contribution < 1.29 is 4.74 Å². The van der Waals surface area contributed by atoms with Crippen LogP contribution in [-0.4, -0.2) is 16.6 Å². The largest absolute Gasteiger partial charge is 0.477 e. The van der Waals surface area contributed by atoms with Gasteiger partial charge in [-0.3, -0.25) is 0 Å².